The number of para-hydroxylation sites is 1. The molecule has 18 heavy (non-hydrogen) atoms. The molecule has 0 bridgehead atoms. The fourth-order valence-corrected chi connectivity index (χ4v) is 1.81. The van der Waals surface area contributed by atoms with E-state index in [1.54, 1.807) is 12.3 Å². The van der Waals surface area contributed by atoms with Crippen molar-refractivity contribution >= 4 is 22.6 Å². The van der Waals surface area contributed by atoms with E-state index in [-0.39, 0.29) is 5.91 Å². The molecule has 3 aromatic rings. The van der Waals surface area contributed by atoms with Crippen molar-refractivity contribution in [3.8, 4) is 0 Å². The number of aromatic amines is 2. The lowest BCUT2D eigenvalue weighted by molar-refractivity contribution is -0.112. The van der Waals surface area contributed by atoms with E-state index in [9.17, 15) is 4.79 Å². The van der Waals surface area contributed by atoms with E-state index in [1.807, 2.05) is 30.3 Å². The van der Waals surface area contributed by atoms with Gasteiger partial charge in [-0.1, -0.05) is 18.2 Å². The number of H-pyrrole nitrogens is 2. The lowest BCUT2D eigenvalue weighted by atomic mass is 10.2. The molecule has 5 nitrogen and oxygen atoms in total. The van der Waals surface area contributed by atoms with Crippen LogP contribution in [0, 0.1) is 6.42 Å². The Labute approximate surface area is 103 Å². The second-order valence-corrected chi connectivity index (χ2v) is 3.90. The molecule has 0 fully saturated rings. The maximum Gasteiger partial charge on any atom is 0.235 e. The van der Waals surface area contributed by atoms with Gasteiger partial charge in [0, 0.05) is 23.5 Å². The predicted octanol–water partition coefficient (Wildman–Crippen LogP) is 2.08. The van der Waals surface area contributed by atoms with Gasteiger partial charge in [-0.2, -0.15) is 5.10 Å². The third-order valence-corrected chi connectivity index (χ3v) is 2.59. The summed E-state index contributed by atoms with van der Waals surface area (Å²) in [7, 11) is 0. The maximum atomic E-state index is 11.7. The lowest BCUT2D eigenvalue weighted by Gasteiger charge is -1.98. The van der Waals surface area contributed by atoms with Crippen molar-refractivity contribution in [2.75, 3.05) is 5.32 Å². The summed E-state index contributed by atoms with van der Waals surface area (Å²) in [5, 5.41) is 10.2. The zero-order valence-electron chi connectivity index (χ0n) is 9.47. The van der Waals surface area contributed by atoms with Gasteiger partial charge in [0.05, 0.1) is 6.42 Å². The Bertz CT molecular complexity index is 636. The SMILES string of the molecule is O=C([CH]c1cc2ccccc2[nH]1)Nc1cc[nH]n1. The molecule has 1 radical (unpaired) electrons. The Kier molecular flexibility index (Phi) is 2.57. The summed E-state index contributed by atoms with van der Waals surface area (Å²) in [6.07, 6.45) is 3.16. The van der Waals surface area contributed by atoms with Crippen molar-refractivity contribution in [1.29, 1.82) is 0 Å². The predicted molar refractivity (Wildman–Crippen MR) is 68.9 cm³/mol. The van der Waals surface area contributed by atoms with Gasteiger partial charge in [0.25, 0.3) is 0 Å². The van der Waals surface area contributed by atoms with Gasteiger partial charge in [0.15, 0.2) is 5.82 Å². The molecule has 0 aliphatic carbocycles. The van der Waals surface area contributed by atoms with E-state index in [1.165, 1.54) is 6.42 Å². The van der Waals surface area contributed by atoms with Crippen molar-refractivity contribution in [3.63, 3.8) is 0 Å². The Morgan fingerprint density at radius 3 is 2.94 bits per heavy atom. The average molecular weight is 239 g/mol. The molecule has 2 heterocycles. The number of aromatic nitrogens is 3. The summed E-state index contributed by atoms with van der Waals surface area (Å²) >= 11 is 0. The number of rotatable bonds is 3. The van der Waals surface area contributed by atoms with Crippen LogP contribution in [0.4, 0.5) is 5.82 Å². The normalized spacial score (nSPS) is 10.7. The fourth-order valence-electron chi connectivity index (χ4n) is 1.81. The molecular weight excluding hydrogens is 228 g/mol. The molecule has 89 valence electrons. The third-order valence-electron chi connectivity index (χ3n) is 2.59. The van der Waals surface area contributed by atoms with Crippen molar-refractivity contribution in [1.82, 2.24) is 15.2 Å². The monoisotopic (exact) mass is 239 g/mol. The Balaban J connectivity index is 1.74. The first-order valence-corrected chi connectivity index (χ1v) is 5.54. The Morgan fingerprint density at radius 2 is 2.17 bits per heavy atom. The van der Waals surface area contributed by atoms with Crippen LogP contribution in [0.15, 0.2) is 42.6 Å². The van der Waals surface area contributed by atoms with E-state index < -0.39 is 0 Å². The molecule has 0 saturated heterocycles. The van der Waals surface area contributed by atoms with Gasteiger partial charge in [-0.25, -0.2) is 0 Å². The minimum absolute atomic E-state index is 0.214. The first-order valence-electron chi connectivity index (χ1n) is 5.54. The number of fused-ring (bicyclic) bond motifs is 1. The van der Waals surface area contributed by atoms with Crippen LogP contribution in [0.2, 0.25) is 0 Å². The molecule has 0 saturated carbocycles. The zero-order valence-corrected chi connectivity index (χ0v) is 9.47. The van der Waals surface area contributed by atoms with Crippen LogP contribution in [-0.4, -0.2) is 21.1 Å². The molecule has 3 rings (SSSR count). The van der Waals surface area contributed by atoms with Crippen LogP contribution in [0.25, 0.3) is 10.9 Å². The Hall–Kier alpha value is -2.56. The average Bonchev–Trinajstić information content (AvgIpc) is 2.96. The maximum absolute atomic E-state index is 11.7. The molecule has 5 heteroatoms. The van der Waals surface area contributed by atoms with Gasteiger partial charge in [-0.3, -0.25) is 9.89 Å². The highest BCUT2D eigenvalue weighted by molar-refractivity contribution is 5.99. The number of anilines is 1. The molecule has 2 aromatic heterocycles. The smallest absolute Gasteiger partial charge is 0.235 e. The topological polar surface area (TPSA) is 73.6 Å². The lowest BCUT2D eigenvalue weighted by Crippen LogP contribution is -2.12. The van der Waals surface area contributed by atoms with Gasteiger partial charge in [0.1, 0.15) is 0 Å². The van der Waals surface area contributed by atoms with Gasteiger partial charge in [-0.15, -0.1) is 0 Å². The molecule has 3 N–H and O–H groups in total. The molecule has 1 amide bonds. The molecule has 1 aromatic carbocycles. The highest BCUT2D eigenvalue weighted by Gasteiger charge is 2.08. The largest absolute Gasteiger partial charge is 0.358 e. The van der Waals surface area contributed by atoms with E-state index in [0.29, 0.717) is 5.82 Å². The summed E-state index contributed by atoms with van der Waals surface area (Å²) in [5.74, 6) is 0.293. The number of benzene rings is 1. The standard InChI is InChI=1S/C13H11N4O/c18-13(16-12-5-6-14-17-12)8-10-7-9-3-1-2-4-11(9)15-10/h1-8,15H,(H2,14,16,17,18). The fraction of sp³-hybridized carbons (Fsp3) is 0. The number of hydrogen-bond donors (Lipinski definition) is 3. The van der Waals surface area contributed by atoms with Gasteiger partial charge in [0.2, 0.25) is 5.91 Å². The van der Waals surface area contributed by atoms with Crippen molar-refractivity contribution in [3.05, 3.63) is 54.7 Å². The number of carbonyl (C=O) groups excluding carboxylic acids is 1. The molecule has 0 spiro atoms. The summed E-state index contributed by atoms with van der Waals surface area (Å²) in [5.41, 5.74) is 1.78. The Morgan fingerprint density at radius 1 is 1.28 bits per heavy atom. The molecule has 0 aliphatic heterocycles. The van der Waals surface area contributed by atoms with E-state index in [0.717, 1.165) is 16.6 Å². The summed E-state index contributed by atoms with van der Waals surface area (Å²) in [6, 6.07) is 11.5. The highest BCUT2D eigenvalue weighted by atomic mass is 16.1. The van der Waals surface area contributed by atoms with E-state index in [2.05, 4.69) is 20.5 Å². The highest BCUT2D eigenvalue weighted by Crippen LogP contribution is 2.16. The molecule has 0 atom stereocenters. The minimum atomic E-state index is -0.214. The van der Waals surface area contributed by atoms with Crippen LogP contribution in [0.1, 0.15) is 5.69 Å². The van der Waals surface area contributed by atoms with Gasteiger partial charge < -0.3 is 10.3 Å². The second-order valence-electron chi connectivity index (χ2n) is 3.90. The molecule has 0 aliphatic rings. The number of hydrogen-bond acceptors (Lipinski definition) is 2. The first kappa shape index (κ1) is 10.6. The zero-order chi connectivity index (χ0) is 12.4. The first-order chi connectivity index (χ1) is 8.81. The van der Waals surface area contributed by atoms with Crippen LogP contribution >= 0.6 is 0 Å². The van der Waals surface area contributed by atoms with Crippen molar-refractivity contribution in [2.45, 2.75) is 0 Å². The number of carbonyl (C=O) groups is 1. The van der Waals surface area contributed by atoms with Gasteiger partial charge in [-0.05, 0) is 17.5 Å². The molecule has 0 unspecified atom stereocenters. The minimum Gasteiger partial charge on any atom is -0.358 e. The summed E-state index contributed by atoms with van der Waals surface area (Å²) in [4.78, 5) is 14.9. The second kappa shape index (κ2) is 4.37. The number of nitrogens with zero attached hydrogens (tertiary/aromatic N) is 1. The van der Waals surface area contributed by atoms with Crippen LogP contribution in [-0.2, 0) is 4.79 Å². The summed E-state index contributed by atoms with van der Waals surface area (Å²) in [6.45, 7) is 0. The van der Waals surface area contributed by atoms with Gasteiger partial charge >= 0.3 is 0 Å². The van der Waals surface area contributed by atoms with Crippen LogP contribution in [0.5, 0.6) is 0 Å². The third kappa shape index (κ3) is 2.10. The number of amides is 1. The molecular formula is C13H11N4O. The van der Waals surface area contributed by atoms with E-state index in [4.69, 9.17) is 0 Å². The van der Waals surface area contributed by atoms with Crippen molar-refractivity contribution in [2.24, 2.45) is 0 Å². The summed E-state index contributed by atoms with van der Waals surface area (Å²) < 4.78 is 0. The van der Waals surface area contributed by atoms with Crippen molar-refractivity contribution < 1.29 is 4.79 Å². The van der Waals surface area contributed by atoms with Crippen LogP contribution in [0.3, 0.4) is 0 Å². The van der Waals surface area contributed by atoms with Crippen LogP contribution < -0.4 is 5.32 Å². The quantitative estimate of drug-likeness (QED) is 0.654. The van der Waals surface area contributed by atoms with E-state index >= 15 is 0 Å². The number of nitrogens with one attached hydrogen (secondary N) is 3.